The molecule has 0 atom stereocenters. The van der Waals surface area contributed by atoms with Crippen LogP contribution >= 0.6 is 0 Å². The molecule has 10 aromatic rings. The molecule has 0 radical (unpaired) electrons. The van der Waals surface area contributed by atoms with Crippen LogP contribution in [0.25, 0.3) is 76.9 Å². The zero-order chi connectivity index (χ0) is 34.4. The van der Waals surface area contributed by atoms with Crippen LogP contribution in [0.2, 0.25) is 0 Å². The van der Waals surface area contributed by atoms with Crippen molar-refractivity contribution in [3.8, 4) is 33.6 Å². The summed E-state index contributed by atoms with van der Waals surface area (Å²) in [6.07, 6.45) is 0. The van der Waals surface area contributed by atoms with E-state index in [-0.39, 0.29) is 0 Å². The molecule has 0 amide bonds. The number of hydrogen-bond donors (Lipinski definition) is 0. The molecule has 0 aliphatic rings. The second-order valence-corrected chi connectivity index (χ2v) is 13.3. The number of fused-ring (bicyclic) bond motifs is 5. The predicted molar refractivity (Wildman–Crippen MR) is 220 cm³/mol. The van der Waals surface area contributed by atoms with Crippen molar-refractivity contribution in [1.29, 1.82) is 0 Å². The first kappa shape index (κ1) is 30.0. The molecular weight excluding hydrogens is 631 g/mol. The minimum absolute atomic E-state index is 0.867. The van der Waals surface area contributed by atoms with Gasteiger partial charge in [0.1, 0.15) is 11.3 Å². The van der Waals surface area contributed by atoms with Crippen LogP contribution < -0.4 is 4.90 Å². The Hall–Kier alpha value is -6.90. The van der Waals surface area contributed by atoms with Crippen molar-refractivity contribution in [2.75, 3.05) is 4.90 Å². The highest BCUT2D eigenvalue weighted by Crippen LogP contribution is 2.44. The summed E-state index contributed by atoms with van der Waals surface area (Å²) in [5.41, 5.74) is 9.79. The normalized spacial score (nSPS) is 11.5. The molecule has 0 spiro atoms. The summed E-state index contributed by atoms with van der Waals surface area (Å²) in [5.74, 6) is 0.867. The van der Waals surface area contributed by atoms with E-state index >= 15 is 0 Å². The molecule has 244 valence electrons. The Kier molecular flexibility index (Phi) is 7.18. The summed E-state index contributed by atoms with van der Waals surface area (Å²) in [6, 6.07) is 71.6. The summed E-state index contributed by atoms with van der Waals surface area (Å²) < 4.78 is 6.66. The van der Waals surface area contributed by atoms with E-state index in [0.29, 0.717) is 0 Å². The molecule has 52 heavy (non-hydrogen) atoms. The van der Waals surface area contributed by atoms with Gasteiger partial charge in [0.15, 0.2) is 0 Å². The second kappa shape index (κ2) is 12.5. The van der Waals surface area contributed by atoms with E-state index in [9.17, 15) is 0 Å². The third-order valence-corrected chi connectivity index (χ3v) is 10.2. The Morgan fingerprint density at radius 1 is 0.327 bits per heavy atom. The average molecular weight is 664 g/mol. The van der Waals surface area contributed by atoms with Gasteiger partial charge in [-0.3, -0.25) is 0 Å². The van der Waals surface area contributed by atoms with E-state index in [1.54, 1.807) is 0 Å². The Labute approximate surface area is 302 Å². The number of anilines is 3. The number of hydrogen-bond acceptors (Lipinski definition) is 2. The standard InChI is InChI=1S/C50H33NO/c1-2-14-36(15-3-1)49-46-23-10-11-24-48(46)52-50(49)39-18-12-19-41(32-39)51(42-30-25-34-13-4-5-16-37(34)31-42)40-28-26-35(27-29-40)47-33-38-17-6-7-20-43(38)44-21-8-9-22-45(44)47/h1-33H. The van der Waals surface area contributed by atoms with E-state index in [1.165, 1.54) is 43.4 Å². The van der Waals surface area contributed by atoms with Crippen molar-refractivity contribution in [2.45, 2.75) is 0 Å². The Morgan fingerprint density at radius 2 is 0.942 bits per heavy atom. The first-order valence-electron chi connectivity index (χ1n) is 17.8. The van der Waals surface area contributed by atoms with Crippen LogP contribution in [0.4, 0.5) is 17.1 Å². The van der Waals surface area contributed by atoms with Gasteiger partial charge in [0.25, 0.3) is 0 Å². The van der Waals surface area contributed by atoms with Crippen LogP contribution in [0.1, 0.15) is 0 Å². The molecule has 1 aromatic heterocycles. The van der Waals surface area contributed by atoms with Crippen LogP contribution in [-0.2, 0) is 0 Å². The van der Waals surface area contributed by atoms with E-state index in [1.807, 2.05) is 6.07 Å². The monoisotopic (exact) mass is 663 g/mol. The van der Waals surface area contributed by atoms with Crippen molar-refractivity contribution in [2.24, 2.45) is 0 Å². The minimum Gasteiger partial charge on any atom is -0.455 e. The number of rotatable bonds is 6. The SMILES string of the molecule is c1ccc(-c2c(-c3cccc(N(c4ccc(-c5cc6ccccc6c6ccccc56)cc4)c4ccc5ccccc5c4)c3)oc3ccccc23)cc1. The maximum atomic E-state index is 6.66. The maximum Gasteiger partial charge on any atom is 0.143 e. The molecule has 0 N–H and O–H groups in total. The quantitative estimate of drug-likeness (QED) is 0.165. The Balaban J connectivity index is 1.13. The Bertz CT molecular complexity index is 2900. The fourth-order valence-corrected chi connectivity index (χ4v) is 7.77. The van der Waals surface area contributed by atoms with Gasteiger partial charge in [-0.2, -0.15) is 0 Å². The molecule has 2 heteroatoms. The molecule has 0 unspecified atom stereocenters. The second-order valence-electron chi connectivity index (χ2n) is 13.3. The zero-order valence-electron chi connectivity index (χ0n) is 28.4. The highest BCUT2D eigenvalue weighted by atomic mass is 16.3. The van der Waals surface area contributed by atoms with E-state index in [0.717, 1.165) is 50.5 Å². The molecule has 0 saturated carbocycles. The lowest BCUT2D eigenvalue weighted by Gasteiger charge is -2.26. The highest BCUT2D eigenvalue weighted by molar-refractivity contribution is 6.13. The summed E-state index contributed by atoms with van der Waals surface area (Å²) in [6.45, 7) is 0. The van der Waals surface area contributed by atoms with E-state index < -0.39 is 0 Å². The van der Waals surface area contributed by atoms with Crippen molar-refractivity contribution in [3.63, 3.8) is 0 Å². The fourth-order valence-electron chi connectivity index (χ4n) is 7.77. The molecule has 0 fully saturated rings. The van der Waals surface area contributed by atoms with Crippen LogP contribution in [0.5, 0.6) is 0 Å². The van der Waals surface area contributed by atoms with E-state index in [2.05, 4.69) is 199 Å². The van der Waals surface area contributed by atoms with Crippen LogP contribution in [0.15, 0.2) is 205 Å². The number of nitrogens with zero attached hydrogens (tertiary/aromatic N) is 1. The highest BCUT2D eigenvalue weighted by Gasteiger charge is 2.20. The van der Waals surface area contributed by atoms with Crippen molar-refractivity contribution in [1.82, 2.24) is 0 Å². The van der Waals surface area contributed by atoms with Gasteiger partial charge < -0.3 is 9.32 Å². The molecule has 0 aliphatic carbocycles. The third-order valence-electron chi connectivity index (χ3n) is 10.2. The average Bonchev–Trinajstić information content (AvgIpc) is 3.61. The smallest absolute Gasteiger partial charge is 0.143 e. The topological polar surface area (TPSA) is 16.4 Å². The Morgan fingerprint density at radius 3 is 1.77 bits per heavy atom. The van der Waals surface area contributed by atoms with Gasteiger partial charge in [-0.1, -0.05) is 152 Å². The third kappa shape index (κ3) is 5.12. The molecule has 1 heterocycles. The number of benzene rings is 9. The molecule has 9 aromatic carbocycles. The lowest BCUT2D eigenvalue weighted by Crippen LogP contribution is -2.10. The first-order valence-corrected chi connectivity index (χ1v) is 17.8. The molecule has 0 saturated heterocycles. The van der Waals surface area contributed by atoms with Crippen molar-refractivity contribution >= 4 is 60.3 Å². The van der Waals surface area contributed by atoms with Crippen molar-refractivity contribution in [3.05, 3.63) is 200 Å². The number of para-hydroxylation sites is 1. The van der Waals surface area contributed by atoms with Gasteiger partial charge in [-0.15, -0.1) is 0 Å². The molecule has 10 rings (SSSR count). The van der Waals surface area contributed by atoms with Gasteiger partial charge in [-0.25, -0.2) is 0 Å². The van der Waals surface area contributed by atoms with Crippen LogP contribution in [0.3, 0.4) is 0 Å². The van der Waals surface area contributed by atoms with Gasteiger partial charge in [0.2, 0.25) is 0 Å². The summed E-state index contributed by atoms with van der Waals surface area (Å²) in [7, 11) is 0. The van der Waals surface area contributed by atoms with Gasteiger partial charge >= 0.3 is 0 Å². The van der Waals surface area contributed by atoms with Crippen molar-refractivity contribution < 1.29 is 4.42 Å². The predicted octanol–water partition coefficient (Wildman–Crippen LogP) is 14.4. The van der Waals surface area contributed by atoms with Gasteiger partial charge in [0.05, 0.1) is 0 Å². The van der Waals surface area contributed by atoms with Crippen LogP contribution in [0, 0.1) is 0 Å². The molecular formula is C50H33NO. The number of furan rings is 1. The molecule has 2 nitrogen and oxygen atoms in total. The summed E-state index contributed by atoms with van der Waals surface area (Å²) in [4.78, 5) is 2.35. The maximum absolute atomic E-state index is 6.66. The largest absolute Gasteiger partial charge is 0.455 e. The van der Waals surface area contributed by atoms with Crippen LogP contribution in [-0.4, -0.2) is 0 Å². The van der Waals surface area contributed by atoms with Gasteiger partial charge in [-0.05, 0) is 97.5 Å². The fraction of sp³-hybridized carbons (Fsp3) is 0. The lowest BCUT2D eigenvalue weighted by atomic mass is 9.93. The minimum atomic E-state index is 0.867. The first-order chi connectivity index (χ1) is 25.8. The summed E-state index contributed by atoms with van der Waals surface area (Å²) >= 11 is 0. The van der Waals surface area contributed by atoms with Gasteiger partial charge in [0, 0.05) is 33.6 Å². The zero-order valence-corrected chi connectivity index (χ0v) is 28.4. The summed E-state index contributed by atoms with van der Waals surface area (Å²) in [5, 5.41) is 8.58. The van der Waals surface area contributed by atoms with E-state index in [4.69, 9.17) is 4.42 Å². The molecule has 0 bridgehead atoms. The molecule has 0 aliphatic heterocycles. The lowest BCUT2D eigenvalue weighted by molar-refractivity contribution is 0.632.